The van der Waals surface area contributed by atoms with Crippen LogP contribution in [0.4, 0.5) is 10.8 Å². The van der Waals surface area contributed by atoms with E-state index in [0.29, 0.717) is 5.75 Å². The summed E-state index contributed by atoms with van der Waals surface area (Å²) < 4.78 is 1.79. The number of tetrazole rings is 1. The lowest BCUT2D eigenvalue weighted by Gasteiger charge is -2.07. The fourth-order valence-electron chi connectivity index (χ4n) is 2.68. The second-order valence-electron chi connectivity index (χ2n) is 6.09. The molecular weight excluding hydrogens is 376 g/mol. The van der Waals surface area contributed by atoms with Gasteiger partial charge in [-0.05, 0) is 48.0 Å². The molecule has 2 heterocycles. The summed E-state index contributed by atoms with van der Waals surface area (Å²) in [6.07, 6.45) is 0. The van der Waals surface area contributed by atoms with Gasteiger partial charge in [-0.15, -0.1) is 16.4 Å². The molecule has 4 rings (SSSR count). The Morgan fingerprint density at radius 1 is 1.11 bits per heavy atom. The zero-order chi connectivity index (χ0) is 18.6. The molecule has 0 fully saturated rings. The highest BCUT2D eigenvalue weighted by Gasteiger charge is 2.12. The van der Waals surface area contributed by atoms with Crippen molar-refractivity contribution in [3.05, 3.63) is 70.7 Å². The number of hydrogen-bond donors (Lipinski definition) is 1. The predicted octanol–water partition coefficient (Wildman–Crippen LogP) is 4.77. The minimum Gasteiger partial charge on any atom is -0.332 e. The maximum atomic E-state index is 4.65. The average molecular weight is 395 g/mol. The molecule has 0 saturated carbocycles. The quantitative estimate of drug-likeness (QED) is 0.475. The van der Waals surface area contributed by atoms with Gasteiger partial charge in [0.15, 0.2) is 5.13 Å². The van der Waals surface area contributed by atoms with Gasteiger partial charge in [-0.1, -0.05) is 47.7 Å². The fourth-order valence-corrected chi connectivity index (χ4v) is 4.29. The summed E-state index contributed by atoms with van der Waals surface area (Å²) in [5, 5.41) is 19.2. The van der Waals surface area contributed by atoms with Crippen LogP contribution in [-0.4, -0.2) is 25.2 Å². The second-order valence-corrected chi connectivity index (χ2v) is 7.89. The average Bonchev–Trinajstić information content (AvgIpc) is 3.30. The summed E-state index contributed by atoms with van der Waals surface area (Å²) in [4.78, 5) is 4.65. The van der Waals surface area contributed by atoms with E-state index in [9.17, 15) is 0 Å². The van der Waals surface area contributed by atoms with Crippen LogP contribution in [0.5, 0.6) is 0 Å². The van der Waals surface area contributed by atoms with Crippen molar-refractivity contribution in [2.75, 3.05) is 5.32 Å². The molecule has 6 nitrogen and oxygen atoms in total. The number of thiazole rings is 1. The van der Waals surface area contributed by atoms with Crippen LogP contribution < -0.4 is 5.32 Å². The number of thioether (sulfide) groups is 1. The molecule has 0 spiro atoms. The van der Waals surface area contributed by atoms with Crippen LogP contribution in [0, 0.1) is 13.8 Å². The molecule has 0 saturated heterocycles. The molecule has 8 heteroatoms. The van der Waals surface area contributed by atoms with Gasteiger partial charge in [-0.25, -0.2) is 4.98 Å². The number of nitrogens with one attached hydrogen (secondary N) is 1. The van der Waals surface area contributed by atoms with E-state index in [1.807, 2.05) is 30.3 Å². The normalized spacial score (nSPS) is 10.9. The summed E-state index contributed by atoms with van der Waals surface area (Å²) in [6, 6.07) is 16.3. The minimum atomic E-state index is 0.707. The van der Waals surface area contributed by atoms with Gasteiger partial charge >= 0.3 is 0 Å². The number of rotatable bonds is 6. The largest absolute Gasteiger partial charge is 0.332 e. The maximum Gasteiger partial charge on any atom is 0.214 e. The molecule has 1 N–H and O–H groups in total. The van der Waals surface area contributed by atoms with Crippen molar-refractivity contribution in [1.82, 2.24) is 25.2 Å². The van der Waals surface area contributed by atoms with Gasteiger partial charge in [0.05, 0.1) is 11.4 Å². The standard InChI is InChI=1S/C19H18N6S2/c1-13-8-9-17(14(2)10-13)25-19(22-23-24-25)27-12-16-11-26-18(21-16)20-15-6-4-3-5-7-15/h3-11H,12H2,1-2H3,(H,20,21). The predicted molar refractivity (Wildman–Crippen MR) is 110 cm³/mol. The number of aromatic nitrogens is 5. The highest BCUT2D eigenvalue weighted by molar-refractivity contribution is 7.98. The molecule has 2 aromatic heterocycles. The molecule has 27 heavy (non-hydrogen) atoms. The van der Waals surface area contributed by atoms with Crippen molar-refractivity contribution in [2.24, 2.45) is 0 Å². The maximum absolute atomic E-state index is 4.65. The Hall–Kier alpha value is -2.71. The summed E-state index contributed by atoms with van der Waals surface area (Å²) in [5.41, 5.74) is 5.40. The van der Waals surface area contributed by atoms with Gasteiger partial charge in [0.25, 0.3) is 0 Å². The summed E-state index contributed by atoms with van der Waals surface area (Å²) in [5.74, 6) is 0.707. The smallest absolute Gasteiger partial charge is 0.214 e. The van der Waals surface area contributed by atoms with Crippen LogP contribution in [0.1, 0.15) is 16.8 Å². The molecule has 0 aliphatic rings. The monoisotopic (exact) mass is 394 g/mol. The van der Waals surface area contributed by atoms with E-state index in [4.69, 9.17) is 0 Å². The molecule has 0 atom stereocenters. The second kappa shape index (κ2) is 7.89. The van der Waals surface area contributed by atoms with Crippen LogP contribution in [0.25, 0.3) is 5.69 Å². The van der Waals surface area contributed by atoms with Crippen LogP contribution in [-0.2, 0) is 5.75 Å². The molecule has 0 radical (unpaired) electrons. The highest BCUT2D eigenvalue weighted by Crippen LogP contribution is 2.27. The van der Waals surface area contributed by atoms with Gasteiger partial charge in [-0.2, -0.15) is 4.68 Å². The van der Waals surface area contributed by atoms with Crippen molar-refractivity contribution in [3.63, 3.8) is 0 Å². The molecule has 4 aromatic rings. The number of anilines is 2. The third-order valence-electron chi connectivity index (χ3n) is 3.95. The van der Waals surface area contributed by atoms with Crippen molar-refractivity contribution < 1.29 is 0 Å². The molecule has 136 valence electrons. The summed E-state index contributed by atoms with van der Waals surface area (Å²) >= 11 is 3.17. The Kier molecular flexibility index (Phi) is 5.17. The third kappa shape index (κ3) is 4.17. The van der Waals surface area contributed by atoms with E-state index >= 15 is 0 Å². The number of benzene rings is 2. The van der Waals surface area contributed by atoms with Crippen LogP contribution in [0.2, 0.25) is 0 Å². The Balaban J connectivity index is 1.45. The summed E-state index contributed by atoms with van der Waals surface area (Å²) in [7, 11) is 0. The zero-order valence-electron chi connectivity index (χ0n) is 15.0. The number of aryl methyl sites for hydroxylation is 2. The Morgan fingerprint density at radius 3 is 2.78 bits per heavy atom. The zero-order valence-corrected chi connectivity index (χ0v) is 16.6. The van der Waals surface area contributed by atoms with Gasteiger partial charge in [0.1, 0.15) is 0 Å². The van der Waals surface area contributed by atoms with Crippen molar-refractivity contribution >= 4 is 33.9 Å². The van der Waals surface area contributed by atoms with E-state index in [2.05, 4.69) is 63.3 Å². The number of hydrogen-bond acceptors (Lipinski definition) is 7. The fraction of sp³-hybridized carbons (Fsp3) is 0.158. The topological polar surface area (TPSA) is 68.5 Å². The van der Waals surface area contributed by atoms with Gasteiger partial charge in [0.2, 0.25) is 5.16 Å². The van der Waals surface area contributed by atoms with Crippen molar-refractivity contribution in [1.29, 1.82) is 0 Å². The molecule has 0 aliphatic carbocycles. The lowest BCUT2D eigenvalue weighted by molar-refractivity contribution is 0.751. The molecule has 0 amide bonds. The lowest BCUT2D eigenvalue weighted by Crippen LogP contribution is -2.02. The Labute approximate surface area is 165 Å². The Morgan fingerprint density at radius 2 is 1.96 bits per heavy atom. The first-order valence-corrected chi connectivity index (χ1v) is 10.3. The first-order chi connectivity index (χ1) is 13.2. The Bertz CT molecular complexity index is 1040. The molecule has 0 aliphatic heterocycles. The van der Waals surface area contributed by atoms with Gasteiger partial charge in [0, 0.05) is 16.8 Å². The van der Waals surface area contributed by atoms with Crippen LogP contribution in [0.3, 0.4) is 0 Å². The SMILES string of the molecule is Cc1ccc(-n2nnnc2SCc2csc(Nc3ccccc3)n2)c(C)c1. The third-order valence-corrected chi connectivity index (χ3v) is 5.71. The van der Waals surface area contributed by atoms with Crippen LogP contribution in [0.15, 0.2) is 59.1 Å². The van der Waals surface area contributed by atoms with Crippen molar-refractivity contribution in [3.8, 4) is 5.69 Å². The number of para-hydroxylation sites is 1. The van der Waals surface area contributed by atoms with E-state index in [-0.39, 0.29) is 0 Å². The highest BCUT2D eigenvalue weighted by atomic mass is 32.2. The van der Waals surface area contributed by atoms with E-state index in [1.165, 1.54) is 5.56 Å². The molecular formula is C19H18N6S2. The first kappa shape index (κ1) is 17.7. The lowest BCUT2D eigenvalue weighted by atomic mass is 10.1. The van der Waals surface area contributed by atoms with Gasteiger partial charge < -0.3 is 5.32 Å². The van der Waals surface area contributed by atoms with Crippen molar-refractivity contribution in [2.45, 2.75) is 24.8 Å². The van der Waals surface area contributed by atoms with Gasteiger partial charge in [-0.3, -0.25) is 0 Å². The van der Waals surface area contributed by atoms with E-state index < -0.39 is 0 Å². The van der Waals surface area contributed by atoms with E-state index in [0.717, 1.165) is 32.9 Å². The summed E-state index contributed by atoms with van der Waals surface area (Å²) in [6.45, 7) is 4.15. The molecule has 0 bridgehead atoms. The van der Waals surface area contributed by atoms with Crippen LogP contribution >= 0.6 is 23.1 Å². The minimum absolute atomic E-state index is 0.707. The first-order valence-electron chi connectivity index (χ1n) is 8.44. The molecule has 0 unspecified atom stereocenters. The molecule has 2 aromatic carbocycles. The number of nitrogens with zero attached hydrogens (tertiary/aromatic N) is 5. The van der Waals surface area contributed by atoms with E-state index in [1.54, 1.807) is 27.8 Å².